The van der Waals surface area contributed by atoms with Crippen molar-refractivity contribution < 1.29 is 14.3 Å². The molecule has 1 amide bonds. The predicted molar refractivity (Wildman–Crippen MR) is 74.9 cm³/mol. The Balaban J connectivity index is 2.11. The van der Waals surface area contributed by atoms with E-state index in [0.29, 0.717) is 18.0 Å². The summed E-state index contributed by atoms with van der Waals surface area (Å²) in [6.45, 7) is 3.23. The number of morpholine rings is 1. The standard InChI is InChI=1S/C12H16BrNO3S/c1-8-6-17-10(4-13)5-14(8)12(15)11-3-9(16-2)7-18-11/h3,7-8,10H,4-6H2,1-2H3. The monoisotopic (exact) mass is 333 g/mol. The fourth-order valence-corrected chi connectivity index (χ4v) is 3.07. The normalized spacial score (nSPS) is 24.1. The average molecular weight is 334 g/mol. The van der Waals surface area contributed by atoms with Gasteiger partial charge in [0.15, 0.2) is 0 Å². The van der Waals surface area contributed by atoms with Gasteiger partial charge in [-0.25, -0.2) is 0 Å². The van der Waals surface area contributed by atoms with Gasteiger partial charge in [-0.05, 0) is 6.92 Å². The quantitative estimate of drug-likeness (QED) is 0.797. The lowest BCUT2D eigenvalue weighted by Gasteiger charge is -2.37. The number of thiophene rings is 1. The first-order chi connectivity index (χ1) is 8.65. The van der Waals surface area contributed by atoms with E-state index >= 15 is 0 Å². The highest BCUT2D eigenvalue weighted by Gasteiger charge is 2.30. The van der Waals surface area contributed by atoms with Crippen molar-refractivity contribution in [2.75, 3.05) is 25.6 Å². The van der Waals surface area contributed by atoms with Crippen LogP contribution in [0.2, 0.25) is 0 Å². The van der Waals surface area contributed by atoms with Gasteiger partial charge in [0, 0.05) is 23.3 Å². The molecule has 0 bridgehead atoms. The number of carbonyl (C=O) groups is 1. The molecule has 0 radical (unpaired) electrons. The summed E-state index contributed by atoms with van der Waals surface area (Å²) in [5.74, 6) is 0.798. The van der Waals surface area contributed by atoms with Crippen molar-refractivity contribution in [3.8, 4) is 5.75 Å². The van der Waals surface area contributed by atoms with Crippen LogP contribution in [-0.2, 0) is 4.74 Å². The van der Waals surface area contributed by atoms with Gasteiger partial charge in [0.05, 0.1) is 30.7 Å². The molecule has 1 fully saturated rings. The molecule has 2 rings (SSSR count). The van der Waals surface area contributed by atoms with Crippen molar-refractivity contribution in [1.82, 2.24) is 4.90 Å². The van der Waals surface area contributed by atoms with Gasteiger partial charge in [0.1, 0.15) is 5.75 Å². The van der Waals surface area contributed by atoms with Gasteiger partial charge in [0.2, 0.25) is 0 Å². The minimum atomic E-state index is 0.0602. The Morgan fingerprint density at radius 3 is 3.11 bits per heavy atom. The molecule has 100 valence electrons. The first kappa shape index (κ1) is 13.8. The van der Waals surface area contributed by atoms with Crippen LogP contribution in [0.15, 0.2) is 11.4 Å². The Bertz CT molecular complexity index is 423. The summed E-state index contributed by atoms with van der Waals surface area (Å²) in [5, 5.41) is 2.59. The lowest BCUT2D eigenvalue weighted by atomic mass is 10.2. The highest BCUT2D eigenvalue weighted by Crippen LogP contribution is 2.24. The lowest BCUT2D eigenvalue weighted by Crippen LogP contribution is -2.51. The van der Waals surface area contributed by atoms with Gasteiger partial charge >= 0.3 is 0 Å². The van der Waals surface area contributed by atoms with Crippen molar-refractivity contribution in [1.29, 1.82) is 0 Å². The minimum Gasteiger partial charge on any atom is -0.496 e. The number of alkyl halides is 1. The fraction of sp³-hybridized carbons (Fsp3) is 0.583. The molecule has 2 unspecified atom stereocenters. The number of hydrogen-bond donors (Lipinski definition) is 0. The van der Waals surface area contributed by atoms with Crippen LogP contribution in [0.25, 0.3) is 0 Å². The molecule has 6 heteroatoms. The first-order valence-corrected chi connectivity index (χ1v) is 7.77. The van der Waals surface area contributed by atoms with Crippen LogP contribution in [-0.4, -0.2) is 48.5 Å². The zero-order valence-corrected chi connectivity index (χ0v) is 12.8. The Labute approximate surface area is 119 Å². The average Bonchev–Trinajstić information content (AvgIpc) is 2.87. The van der Waals surface area contributed by atoms with Crippen molar-refractivity contribution in [3.63, 3.8) is 0 Å². The van der Waals surface area contributed by atoms with Crippen molar-refractivity contribution >= 4 is 33.2 Å². The van der Waals surface area contributed by atoms with Crippen LogP contribution < -0.4 is 4.74 Å². The highest BCUT2D eigenvalue weighted by atomic mass is 79.9. The first-order valence-electron chi connectivity index (χ1n) is 5.76. The van der Waals surface area contributed by atoms with E-state index in [0.717, 1.165) is 11.1 Å². The summed E-state index contributed by atoms with van der Waals surface area (Å²) < 4.78 is 10.7. The third-order valence-corrected chi connectivity index (χ3v) is 4.58. The second kappa shape index (κ2) is 6.04. The third kappa shape index (κ3) is 2.87. The second-order valence-corrected chi connectivity index (χ2v) is 5.83. The number of halogens is 1. The Morgan fingerprint density at radius 2 is 2.50 bits per heavy atom. The van der Waals surface area contributed by atoms with E-state index < -0.39 is 0 Å². The Hall–Kier alpha value is -0.590. The van der Waals surface area contributed by atoms with Gasteiger partial charge in [0.25, 0.3) is 5.91 Å². The van der Waals surface area contributed by atoms with Gasteiger partial charge in [-0.3, -0.25) is 4.79 Å². The molecule has 4 nitrogen and oxygen atoms in total. The number of hydrogen-bond acceptors (Lipinski definition) is 4. The summed E-state index contributed by atoms with van der Waals surface area (Å²) in [5.41, 5.74) is 0. The molecular formula is C12H16BrNO3S. The van der Waals surface area contributed by atoms with E-state index in [9.17, 15) is 4.79 Å². The topological polar surface area (TPSA) is 38.8 Å². The molecule has 1 aliphatic rings. The third-order valence-electron chi connectivity index (χ3n) is 2.96. The van der Waals surface area contributed by atoms with Crippen LogP contribution in [0.1, 0.15) is 16.6 Å². The Morgan fingerprint density at radius 1 is 1.72 bits per heavy atom. The van der Waals surface area contributed by atoms with E-state index in [1.54, 1.807) is 13.2 Å². The van der Waals surface area contributed by atoms with Crippen LogP contribution in [0, 0.1) is 0 Å². The van der Waals surface area contributed by atoms with Crippen molar-refractivity contribution in [3.05, 3.63) is 16.3 Å². The zero-order valence-electron chi connectivity index (χ0n) is 10.4. The zero-order chi connectivity index (χ0) is 13.1. The predicted octanol–water partition coefficient (Wildman–Crippen LogP) is 2.38. The van der Waals surface area contributed by atoms with Crippen molar-refractivity contribution in [2.45, 2.75) is 19.1 Å². The second-order valence-electron chi connectivity index (χ2n) is 4.27. The highest BCUT2D eigenvalue weighted by molar-refractivity contribution is 9.09. The van der Waals surface area contributed by atoms with E-state index in [2.05, 4.69) is 15.9 Å². The largest absolute Gasteiger partial charge is 0.496 e. The minimum absolute atomic E-state index is 0.0602. The van der Waals surface area contributed by atoms with E-state index in [-0.39, 0.29) is 18.1 Å². The molecule has 0 spiro atoms. The van der Waals surface area contributed by atoms with Crippen LogP contribution >= 0.6 is 27.3 Å². The maximum Gasteiger partial charge on any atom is 0.264 e. The maximum atomic E-state index is 12.4. The van der Waals surface area contributed by atoms with Gasteiger partial charge in [-0.2, -0.15) is 0 Å². The van der Waals surface area contributed by atoms with E-state index in [4.69, 9.17) is 9.47 Å². The number of ether oxygens (including phenoxy) is 2. The maximum absolute atomic E-state index is 12.4. The molecule has 1 saturated heterocycles. The summed E-state index contributed by atoms with van der Waals surface area (Å²) in [6.07, 6.45) is 0.0759. The Kier molecular flexibility index (Phi) is 4.64. The van der Waals surface area contributed by atoms with Gasteiger partial charge in [-0.15, -0.1) is 11.3 Å². The van der Waals surface area contributed by atoms with Gasteiger partial charge < -0.3 is 14.4 Å². The molecule has 1 aromatic rings. The summed E-state index contributed by atoms with van der Waals surface area (Å²) in [6, 6.07) is 1.90. The van der Waals surface area contributed by atoms with Gasteiger partial charge in [-0.1, -0.05) is 15.9 Å². The molecule has 1 aliphatic heterocycles. The molecular weight excluding hydrogens is 318 g/mol. The lowest BCUT2D eigenvalue weighted by molar-refractivity contribution is -0.0359. The summed E-state index contributed by atoms with van der Waals surface area (Å²) in [4.78, 5) is 15.0. The number of rotatable bonds is 3. The van der Waals surface area contributed by atoms with Crippen LogP contribution in [0.4, 0.5) is 0 Å². The summed E-state index contributed by atoms with van der Waals surface area (Å²) >= 11 is 4.82. The number of amides is 1. The molecule has 0 N–H and O–H groups in total. The molecule has 0 aromatic carbocycles. The molecule has 18 heavy (non-hydrogen) atoms. The van der Waals surface area contributed by atoms with Crippen LogP contribution in [0.5, 0.6) is 5.75 Å². The molecule has 2 atom stereocenters. The smallest absolute Gasteiger partial charge is 0.264 e. The summed E-state index contributed by atoms with van der Waals surface area (Å²) in [7, 11) is 1.61. The molecule has 0 saturated carbocycles. The number of methoxy groups -OCH3 is 1. The number of nitrogens with zero attached hydrogens (tertiary/aromatic N) is 1. The van der Waals surface area contributed by atoms with E-state index in [1.165, 1.54) is 11.3 Å². The van der Waals surface area contributed by atoms with Crippen LogP contribution in [0.3, 0.4) is 0 Å². The molecule has 0 aliphatic carbocycles. The molecule has 2 heterocycles. The molecule has 1 aromatic heterocycles. The van der Waals surface area contributed by atoms with Crippen molar-refractivity contribution in [2.24, 2.45) is 0 Å². The SMILES string of the molecule is COc1csc(C(=O)N2CC(CBr)OCC2C)c1. The number of carbonyl (C=O) groups excluding carboxylic acids is 1. The fourth-order valence-electron chi connectivity index (χ4n) is 1.87. The van der Waals surface area contributed by atoms with E-state index in [1.807, 2.05) is 17.2 Å².